The van der Waals surface area contributed by atoms with Gasteiger partial charge in [-0.05, 0) is 134 Å². The number of aliphatic hydroxyl groups is 5. The third-order valence-electron chi connectivity index (χ3n) is 25.9. The Labute approximate surface area is 869 Å². The summed E-state index contributed by atoms with van der Waals surface area (Å²) in [5, 5.41) is 61.4. The van der Waals surface area contributed by atoms with Gasteiger partial charge in [0.15, 0.2) is 25.2 Å². The van der Waals surface area contributed by atoms with Gasteiger partial charge in [-0.2, -0.15) is 0 Å². The summed E-state index contributed by atoms with van der Waals surface area (Å²) in [6, 6.07) is 5.91. The van der Waals surface area contributed by atoms with Crippen LogP contribution in [-0.4, -0.2) is 397 Å². The number of ether oxygens (including phenoxy) is 14. The van der Waals surface area contributed by atoms with E-state index in [1.807, 2.05) is 125 Å². The number of esters is 4. The van der Waals surface area contributed by atoms with E-state index in [-0.39, 0.29) is 213 Å². The zero-order chi connectivity index (χ0) is 110. The first-order valence-corrected chi connectivity index (χ1v) is 52.6. The van der Waals surface area contributed by atoms with Crippen molar-refractivity contribution in [3.05, 3.63) is 35.9 Å². The molecule has 0 spiro atoms. The van der Waals surface area contributed by atoms with Crippen LogP contribution in [-0.2, 0) is 140 Å². The van der Waals surface area contributed by atoms with Gasteiger partial charge in [-0.15, -0.1) is 11.8 Å². The molecule has 0 aromatic heterocycles. The molecule has 2 heterocycles. The summed E-state index contributed by atoms with van der Waals surface area (Å²) in [5.41, 5.74) is 0.789. The number of amides is 8. The lowest BCUT2D eigenvalue weighted by Gasteiger charge is -2.41. The number of imide groups is 1. The predicted molar refractivity (Wildman–Crippen MR) is 543 cm³/mol. The quantitative estimate of drug-likeness (QED) is 0.0107. The van der Waals surface area contributed by atoms with Crippen molar-refractivity contribution in [3.8, 4) is 0 Å². The highest BCUT2D eigenvalue weighted by molar-refractivity contribution is 8.00. The third-order valence-corrected chi connectivity index (χ3v) is 27.1. The largest absolute Gasteiger partial charge is 0.481 e. The Balaban J connectivity index is 0.00000124. The number of carbonyl (C=O) groups is 14. The SMILES string of the molecule is CCC(=O)C1CCC(CN2C(=O)CC(SCCNC(=O)CCCC(=O)OCC(CC)OC(CO)OC)C2=O)CC1.CCC(CO)OC(CO)OC.CCC(CO)OC(COC(=O)CCCC(=O)NCC(C)OC(=O)[C@H](Cc1ccccc1)N(C)C(=O)[C@H](C)[C@@H](OC)[C@@H]1CCCN1C(=O)C[C@@H](OC)[C@H]([C@@H](C)CC)N(C)C(=O)[C@@H](NC(=O)[C@H](C(C)C)N(C)C)C(C)C)OC.CCC(CO)OC(COC(=O)CCCC(=O)O)OC. The number of nitrogens with zero attached hydrogens (tertiary/aromatic N) is 5. The van der Waals surface area contributed by atoms with E-state index in [1.165, 1.54) is 64.2 Å². The molecule has 1 aromatic rings. The molecule has 4 rings (SSSR count). The Kier molecular flexibility index (Phi) is 71.9. The van der Waals surface area contributed by atoms with E-state index in [0.717, 1.165) is 31.2 Å². The highest BCUT2D eigenvalue weighted by atomic mass is 32.2. The number of hydrogen-bond donors (Lipinski definition) is 9. The smallest absolute Gasteiger partial charge is 0.329 e. The lowest BCUT2D eigenvalue weighted by Crippen LogP contribution is -2.59. The highest BCUT2D eigenvalue weighted by Crippen LogP contribution is 2.35. The van der Waals surface area contributed by atoms with E-state index in [2.05, 4.69) is 16.0 Å². The minimum absolute atomic E-state index is 0.00755. The Bertz CT molecular complexity index is 3860. The number of thioether (sulfide) groups is 1. The summed E-state index contributed by atoms with van der Waals surface area (Å²) in [4.78, 5) is 187. The van der Waals surface area contributed by atoms with Crippen molar-refractivity contribution in [2.24, 2.45) is 35.5 Å². The number of likely N-dealkylation sites (tertiary alicyclic amines) is 2. The van der Waals surface area contributed by atoms with Crippen molar-refractivity contribution >= 4 is 94.6 Å². The Morgan fingerprint density at radius 1 is 0.541 bits per heavy atom. The second-order valence-corrected chi connectivity index (χ2v) is 39.0. The number of nitrogens with one attached hydrogen (secondary N) is 3. The molecule has 1 aliphatic carbocycles. The fourth-order valence-corrected chi connectivity index (χ4v) is 17.9. The van der Waals surface area contributed by atoms with Gasteiger partial charge in [-0.25, -0.2) is 4.79 Å². The lowest BCUT2D eigenvalue weighted by molar-refractivity contribution is -0.194. The number of likely N-dealkylation sites (N-methyl/N-ethyl adjacent to an activating group) is 3. The standard InChI is InChI=1S/C56H96N6O14.C28H46N2O9S.C12H22O7.C7H16O4/c1-17-37(7)51(61(13)55(69)49(35(3)4)58-53(67)50(36(5)6)59(10)11)44(71-14)31-46(65)62-29-23-26-42(62)52(73-16)39(9)54(68)60(12)43(30-40-24-20-19-21-25-40)56(70)75-38(8)32-57-45(64)27-22-28-47(66)74-34-48(72-15)76-41(18-2)33-63;1-4-21(39-27(17-31)37-3)18-38-26(35)8-6-7-24(33)29-13-14-40-23-15-25(34)30(28(23)36)16-19-9-11-20(12-10-19)22(32)5-2;1-3-9(7-13)19-12(17-2)8-18-11(16)6-4-5-10(14)15;1-3-6(4-8)11-7(5-9)10-2/h19-21,24-25,35-39,41-44,48-52,63H,17-18,22-23,26-34H2,1-16H3,(H,57,64)(H,58,67);19-21,23,27,31H,4-18H2,1-3H3,(H,29,33);9,12-13H,3-8H2,1-2H3,(H,14,15);6-9H,3-5H2,1-2H3/t37-,38?,39+,41?,42-,43-,44+,48?,49-,50-,51-,52+;;;/m0.../s1. The third kappa shape index (κ3) is 51.6. The van der Waals surface area contributed by atoms with Crippen molar-refractivity contribution < 1.29 is 164 Å². The molecule has 3 fully saturated rings. The second kappa shape index (κ2) is 77.3. The number of aliphatic carboxylic acids is 1. The van der Waals surface area contributed by atoms with Crippen molar-refractivity contribution in [2.75, 3.05) is 156 Å². The minimum Gasteiger partial charge on any atom is -0.481 e. The van der Waals surface area contributed by atoms with E-state index in [1.54, 1.807) is 37.7 Å². The van der Waals surface area contributed by atoms with E-state index in [0.29, 0.717) is 89.0 Å². The van der Waals surface area contributed by atoms with Crippen LogP contribution >= 0.6 is 11.8 Å². The van der Waals surface area contributed by atoms with Crippen LogP contribution < -0.4 is 16.0 Å². The molecule has 1 aromatic carbocycles. The monoisotopic (exact) mass is 2110 g/mol. The molecule has 0 radical (unpaired) electrons. The zero-order valence-electron chi connectivity index (χ0n) is 91.1. The Morgan fingerprint density at radius 2 is 1.03 bits per heavy atom. The average molecular weight is 2110 g/mol. The maximum absolute atomic E-state index is 14.6. The number of ketones is 1. The number of aliphatic hydroxyl groups excluding tert-OH is 5. The number of rotatable bonds is 71. The van der Waals surface area contributed by atoms with Gasteiger partial charge in [0.1, 0.15) is 43.8 Å². The van der Waals surface area contributed by atoms with Crippen LogP contribution in [0.3, 0.4) is 0 Å². The summed E-state index contributed by atoms with van der Waals surface area (Å²) in [6.07, 6.45) is 2.93. The number of carboxylic acid groups (broad SMARTS) is 1. The molecule has 19 atom stereocenters. The molecular formula is C103H180N8O34S. The van der Waals surface area contributed by atoms with Crippen LogP contribution in [0.4, 0.5) is 0 Å². The summed E-state index contributed by atoms with van der Waals surface area (Å²) < 4.78 is 74.7. The summed E-state index contributed by atoms with van der Waals surface area (Å²) in [7, 11) is 15.7. The Hall–Kier alpha value is -8.09. The molecule has 842 valence electrons. The second-order valence-electron chi connectivity index (χ2n) is 37.7. The maximum atomic E-state index is 14.6. The molecule has 146 heavy (non-hydrogen) atoms. The Morgan fingerprint density at radius 3 is 1.48 bits per heavy atom. The van der Waals surface area contributed by atoms with Crippen molar-refractivity contribution in [1.82, 2.24) is 40.4 Å². The van der Waals surface area contributed by atoms with E-state index in [9.17, 15) is 72.2 Å². The van der Waals surface area contributed by atoms with E-state index in [4.69, 9.17) is 91.8 Å². The van der Waals surface area contributed by atoms with Gasteiger partial charge in [0.2, 0.25) is 47.3 Å². The number of carboxylic acids is 1. The van der Waals surface area contributed by atoms with Gasteiger partial charge in [0.05, 0.1) is 112 Å². The first-order chi connectivity index (χ1) is 69.4. The summed E-state index contributed by atoms with van der Waals surface area (Å²) in [6.45, 7) is 24.6. The molecule has 0 bridgehead atoms. The van der Waals surface area contributed by atoms with Gasteiger partial charge >= 0.3 is 29.8 Å². The summed E-state index contributed by atoms with van der Waals surface area (Å²) >= 11 is 1.38. The van der Waals surface area contributed by atoms with Crippen LogP contribution in [0.1, 0.15) is 243 Å². The topological polar surface area (TPSA) is 542 Å². The molecule has 42 nitrogen and oxygen atoms in total. The van der Waals surface area contributed by atoms with Crippen LogP contribution in [0.2, 0.25) is 0 Å². The first-order valence-electron chi connectivity index (χ1n) is 51.5. The molecule has 3 aliphatic rings. The molecule has 43 heteroatoms. The van der Waals surface area contributed by atoms with E-state index >= 15 is 0 Å². The molecule has 2 saturated heterocycles. The maximum Gasteiger partial charge on any atom is 0.329 e. The number of methoxy groups -OCH3 is 6. The van der Waals surface area contributed by atoms with Crippen molar-refractivity contribution in [1.29, 1.82) is 0 Å². The number of benzene rings is 1. The fraction of sp³-hybridized carbons (Fsp3) is 0.806. The predicted octanol–water partition coefficient (Wildman–Crippen LogP) is 6.73. The van der Waals surface area contributed by atoms with Crippen LogP contribution in [0.5, 0.6) is 0 Å². The van der Waals surface area contributed by atoms with Crippen molar-refractivity contribution in [3.63, 3.8) is 0 Å². The lowest BCUT2D eigenvalue weighted by atomic mass is 9.79. The van der Waals surface area contributed by atoms with Gasteiger partial charge < -0.3 is 128 Å². The molecule has 2 aliphatic heterocycles. The fourth-order valence-electron chi connectivity index (χ4n) is 16.9. The van der Waals surface area contributed by atoms with Gasteiger partial charge in [0, 0.05) is 146 Å². The molecule has 1 saturated carbocycles. The first kappa shape index (κ1) is 136. The van der Waals surface area contributed by atoms with Crippen LogP contribution in [0.25, 0.3) is 0 Å². The normalized spacial score (nSPS) is 18.7. The summed E-state index contributed by atoms with van der Waals surface area (Å²) in [5.74, 6) is -4.98. The van der Waals surface area contributed by atoms with Gasteiger partial charge in [-0.1, -0.05) is 120 Å². The number of Topliss-reactive ketones (excluding diaryl/α,β-unsaturated/α-hetero) is 1. The van der Waals surface area contributed by atoms with Crippen LogP contribution in [0, 0.1) is 35.5 Å². The molecule has 8 amide bonds. The molecule has 10 unspecified atom stereocenters. The minimum atomic E-state index is -1.06. The number of carbonyl (C=O) groups excluding carboxylic acids is 13. The zero-order valence-corrected chi connectivity index (χ0v) is 91.9. The number of hydrogen-bond acceptors (Lipinski definition) is 35. The highest BCUT2D eigenvalue weighted by Gasteiger charge is 2.46. The van der Waals surface area contributed by atoms with Crippen molar-refractivity contribution in [2.45, 2.75) is 347 Å². The average Bonchev–Trinajstić information content (AvgIpc) is 1.59. The van der Waals surface area contributed by atoms with Gasteiger partial charge in [-0.3, -0.25) is 72.1 Å². The molecular weight excluding hydrogens is 1930 g/mol. The molecule has 9 N–H and O–H groups in total. The van der Waals surface area contributed by atoms with E-state index < -0.39 is 133 Å². The van der Waals surface area contributed by atoms with Crippen LogP contribution in [0.15, 0.2) is 30.3 Å². The van der Waals surface area contributed by atoms with Gasteiger partial charge in [0.25, 0.3) is 0 Å².